The van der Waals surface area contributed by atoms with Gasteiger partial charge in [-0.15, -0.1) is 0 Å². The van der Waals surface area contributed by atoms with Crippen LogP contribution in [0.3, 0.4) is 0 Å². The fourth-order valence-corrected chi connectivity index (χ4v) is 1.23. The van der Waals surface area contributed by atoms with Crippen molar-refractivity contribution in [3.63, 3.8) is 0 Å². The molecule has 0 unspecified atom stereocenters. The Morgan fingerprint density at radius 3 is 2.36 bits per heavy atom. The van der Waals surface area contributed by atoms with E-state index < -0.39 is 17.1 Å². The van der Waals surface area contributed by atoms with E-state index in [4.69, 9.17) is 5.11 Å². The molecular formula is C4H2Br2N2O3. The molecule has 1 heterocycles. The number of hydrogen-bond donors (Lipinski definition) is 1. The highest BCUT2D eigenvalue weighted by Gasteiger charge is 2.05. The zero-order chi connectivity index (χ0) is 8.59. The van der Waals surface area contributed by atoms with Gasteiger partial charge in [0.1, 0.15) is 0 Å². The van der Waals surface area contributed by atoms with Crippen LogP contribution >= 0.6 is 32.3 Å². The van der Waals surface area contributed by atoms with E-state index in [-0.39, 0.29) is 0 Å². The second-order valence-electron chi connectivity index (χ2n) is 1.69. The lowest BCUT2D eigenvalue weighted by Gasteiger charge is -1.98. The third-order valence-electron chi connectivity index (χ3n) is 0.983. The highest BCUT2D eigenvalue weighted by Crippen LogP contribution is 2.03. The Balaban J connectivity index is 3.74. The first-order chi connectivity index (χ1) is 5.04. The molecule has 0 spiro atoms. The van der Waals surface area contributed by atoms with Crippen molar-refractivity contribution in [3.05, 3.63) is 26.9 Å². The third kappa shape index (κ3) is 1.38. The van der Waals surface area contributed by atoms with Crippen LogP contribution in [-0.2, 0) is 0 Å². The molecule has 0 atom stereocenters. The van der Waals surface area contributed by atoms with E-state index in [9.17, 15) is 9.59 Å². The van der Waals surface area contributed by atoms with E-state index in [0.29, 0.717) is 3.59 Å². The maximum atomic E-state index is 10.9. The summed E-state index contributed by atoms with van der Waals surface area (Å²) < 4.78 is 1.44. The molecule has 60 valence electrons. The number of halogens is 2. The number of nitrogens with zero attached hydrogens (tertiary/aromatic N) is 2. The predicted octanol–water partition coefficient (Wildman–Crippen LogP) is 0.0316. The first kappa shape index (κ1) is 8.54. The Hall–Kier alpha value is -0.560. The van der Waals surface area contributed by atoms with Crippen LogP contribution < -0.4 is 11.2 Å². The minimum Gasteiger partial charge on any atom is -0.494 e. The van der Waals surface area contributed by atoms with Gasteiger partial charge in [-0.25, -0.2) is 4.79 Å². The molecule has 7 heteroatoms. The smallest absolute Gasteiger partial charge is 0.354 e. The number of rotatable bonds is 0. The molecule has 0 aromatic carbocycles. The van der Waals surface area contributed by atoms with Crippen molar-refractivity contribution in [2.24, 2.45) is 0 Å². The van der Waals surface area contributed by atoms with Crippen molar-refractivity contribution in [3.8, 4) is 5.88 Å². The number of aromatic hydroxyl groups is 1. The summed E-state index contributed by atoms with van der Waals surface area (Å²) in [5.41, 5.74) is -1.32. The maximum absolute atomic E-state index is 10.9. The van der Waals surface area contributed by atoms with Gasteiger partial charge in [0.05, 0.1) is 38.4 Å². The van der Waals surface area contributed by atoms with E-state index in [1.165, 1.54) is 0 Å². The summed E-state index contributed by atoms with van der Waals surface area (Å²) in [6.45, 7) is 0. The summed E-state index contributed by atoms with van der Waals surface area (Å²) in [5.74, 6) is -0.435. The van der Waals surface area contributed by atoms with E-state index in [1.807, 2.05) is 0 Å². The van der Waals surface area contributed by atoms with Gasteiger partial charge in [0.25, 0.3) is 5.56 Å². The van der Waals surface area contributed by atoms with Crippen LogP contribution in [0.25, 0.3) is 0 Å². The van der Waals surface area contributed by atoms with Crippen molar-refractivity contribution in [1.82, 2.24) is 7.19 Å². The number of aromatic nitrogens is 2. The summed E-state index contributed by atoms with van der Waals surface area (Å²) in [7, 11) is 0. The lowest BCUT2D eigenvalue weighted by Crippen LogP contribution is -2.30. The Morgan fingerprint density at radius 2 is 1.82 bits per heavy atom. The molecule has 0 aliphatic carbocycles. The molecule has 0 bridgehead atoms. The average Bonchev–Trinajstić information content (AvgIpc) is 1.97. The Labute approximate surface area is 77.6 Å². The molecule has 0 aliphatic heterocycles. The van der Waals surface area contributed by atoms with Gasteiger partial charge in [0, 0.05) is 0 Å². The first-order valence-electron chi connectivity index (χ1n) is 2.44. The van der Waals surface area contributed by atoms with Gasteiger partial charge >= 0.3 is 5.69 Å². The molecule has 1 rings (SSSR count). The largest absolute Gasteiger partial charge is 0.494 e. The highest BCUT2D eigenvalue weighted by molar-refractivity contribution is 9.08. The van der Waals surface area contributed by atoms with Crippen LogP contribution in [0.1, 0.15) is 0 Å². The second-order valence-corrected chi connectivity index (χ2v) is 3.10. The van der Waals surface area contributed by atoms with Crippen molar-refractivity contribution in [2.75, 3.05) is 0 Å². The fourth-order valence-electron chi connectivity index (χ4n) is 0.493. The van der Waals surface area contributed by atoms with Gasteiger partial charge in [0.15, 0.2) is 0 Å². The van der Waals surface area contributed by atoms with E-state index >= 15 is 0 Å². The van der Waals surface area contributed by atoms with Gasteiger partial charge in [-0.1, -0.05) is 0 Å². The SMILES string of the molecule is O=c1cc(O)n(Br)c(=O)n1Br. The standard InChI is InChI=1S/C4H2Br2N2O3/c5-7-2(9)1-3(10)8(6)4(7)11/h1,9H. The van der Waals surface area contributed by atoms with Gasteiger partial charge in [0.2, 0.25) is 5.88 Å². The lowest BCUT2D eigenvalue weighted by molar-refractivity contribution is 0.443. The summed E-state index contributed by atoms with van der Waals surface area (Å²) in [6.07, 6.45) is 0. The van der Waals surface area contributed by atoms with Crippen molar-refractivity contribution < 1.29 is 5.11 Å². The molecule has 1 aromatic heterocycles. The fraction of sp³-hybridized carbons (Fsp3) is 0. The van der Waals surface area contributed by atoms with Crippen LogP contribution in [-0.4, -0.2) is 12.3 Å². The van der Waals surface area contributed by atoms with E-state index in [1.54, 1.807) is 0 Å². The molecule has 1 aromatic rings. The van der Waals surface area contributed by atoms with E-state index in [2.05, 4.69) is 32.3 Å². The molecule has 0 saturated heterocycles. The predicted molar refractivity (Wildman–Crippen MR) is 45.3 cm³/mol. The molecule has 11 heavy (non-hydrogen) atoms. The summed E-state index contributed by atoms with van der Waals surface area (Å²) in [6, 6.07) is 0.894. The monoisotopic (exact) mass is 284 g/mol. The average molecular weight is 286 g/mol. The quantitative estimate of drug-likeness (QED) is 0.732. The second kappa shape index (κ2) is 2.82. The molecule has 5 nitrogen and oxygen atoms in total. The van der Waals surface area contributed by atoms with Gasteiger partial charge < -0.3 is 5.11 Å². The first-order valence-corrected chi connectivity index (χ1v) is 3.86. The van der Waals surface area contributed by atoms with Gasteiger partial charge in [-0.2, -0.15) is 7.19 Å². The van der Waals surface area contributed by atoms with Crippen LogP contribution in [0.5, 0.6) is 5.88 Å². The topological polar surface area (TPSA) is 64.2 Å². The van der Waals surface area contributed by atoms with E-state index in [0.717, 1.165) is 9.66 Å². The summed E-state index contributed by atoms with van der Waals surface area (Å²) in [4.78, 5) is 21.6. The van der Waals surface area contributed by atoms with Crippen molar-refractivity contribution in [2.45, 2.75) is 0 Å². The minimum atomic E-state index is -0.699. The van der Waals surface area contributed by atoms with Crippen LogP contribution in [0, 0.1) is 0 Å². The van der Waals surface area contributed by atoms with Gasteiger partial charge in [-0.05, 0) is 0 Å². The van der Waals surface area contributed by atoms with Crippen molar-refractivity contribution in [1.29, 1.82) is 0 Å². The zero-order valence-corrected chi connectivity index (χ0v) is 8.16. The number of hydrogen-bond acceptors (Lipinski definition) is 3. The lowest BCUT2D eigenvalue weighted by atomic mass is 10.6. The Bertz CT molecular complexity index is 393. The zero-order valence-electron chi connectivity index (χ0n) is 4.99. The molecule has 0 amide bonds. The summed E-state index contributed by atoms with van der Waals surface area (Å²) >= 11 is 5.42. The molecule has 0 radical (unpaired) electrons. The normalized spacial score (nSPS) is 10.0. The maximum Gasteiger partial charge on any atom is 0.354 e. The Kier molecular flexibility index (Phi) is 2.19. The highest BCUT2D eigenvalue weighted by atomic mass is 79.9. The molecule has 0 saturated carbocycles. The molecule has 0 fully saturated rings. The minimum absolute atomic E-state index is 0.435. The molecular weight excluding hydrogens is 284 g/mol. The van der Waals surface area contributed by atoms with Gasteiger partial charge in [-0.3, -0.25) is 4.79 Å². The Morgan fingerprint density at radius 1 is 1.27 bits per heavy atom. The van der Waals surface area contributed by atoms with Crippen LogP contribution in [0.4, 0.5) is 0 Å². The third-order valence-corrected chi connectivity index (χ3v) is 2.30. The molecule has 1 N–H and O–H groups in total. The molecule has 0 aliphatic rings. The summed E-state index contributed by atoms with van der Waals surface area (Å²) in [5, 5.41) is 8.89. The van der Waals surface area contributed by atoms with Crippen LogP contribution in [0.15, 0.2) is 15.7 Å². The van der Waals surface area contributed by atoms with Crippen molar-refractivity contribution >= 4 is 32.3 Å². The van der Waals surface area contributed by atoms with Crippen LogP contribution in [0.2, 0.25) is 0 Å².